The van der Waals surface area contributed by atoms with Crippen molar-refractivity contribution in [2.75, 3.05) is 5.32 Å². The highest BCUT2D eigenvalue weighted by Crippen LogP contribution is 2.34. The second-order valence-corrected chi connectivity index (χ2v) is 6.94. The average molecular weight is 473 g/mol. The molecule has 1 aromatic heterocycles. The maximum absolute atomic E-state index is 13.6. The molecule has 0 fully saturated rings. The van der Waals surface area contributed by atoms with Crippen LogP contribution in [-0.4, -0.2) is 16.9 Å². The van der Waals surface area contributed by atoms with E-state index in [1.807, 2.05) is 5.32 Å². The van der Waals surface area contributed by atoms with Crippen LogP contribution in [0.4, 0.5) is 19.3 Å². The quantitative estimate of drug-likeness (QED) is 0.483. The smallest absolute Gasteiger partial charge is 0.326 e. The highest BCUT2D eigenvalue weighted by molar-refractivity contribution is 6.35. The molecule has 2 aromatic carbocycles. The maximum Gasteiger partial charge on any atom is 0.326 e. The molecule has 0 bridgehead atoms. The summed E-state index contributed by atoms with van der Waals surface area (Å²) in [6.45, 7) is 0. The molecule has 0 atom stereocenters. The molecule has 3 aromatic rings. The Balaban J connectivity index is 1.68. The number of hydrogen-bond acceptors (Lipinski definition) is 4. The number of nitrogens with zero attached hydrogens (tertiary/aromatic N) is 1. The van der Waals surface area contributed by atoms with Crippen LogP contribution in [0, 0.1) is 11.6 Å². The third-order valence-electron chi connectivity index (χ3n) is 3.58. The lowest BCUT2D eigenvalue weighted by Crippen LogP contribution is -2.35. The normalized spacial score (nSPS) is 10.4. The number of nitrogens with one attached hydrogen (secondary N) is 2. The van der Waals surface area contributed by atoms with Crippen molar-refractivity contribution in [3.63, 3.8) is 0 Å². The van der Waals surface area contributed by atoms with Crippen molar-refractivity contribution in [3.05, 3.63) is 80.9 Å². The van der Waals surface area contributed by atoms with E-state index in [4.69, 9.17) is 39.5 Å². The summed E-state index contributed by atoms with van der Waals surface area (Å²) in [5.74, 6) is -3.21. The summed E-state index contributed by atoms with van der Waals surface area (Å²) in [5.41, 5.74) is -0.791. The summed E-state index contributed by atoms with van der Waals surface area (Å²) in [4.78, 5) is 27.9. The minimum absolute atomic E-state index is 0.00338. The lowest BCUT2D eigenvalue weighted by atomic mass is 10.2. The summed E-state index contributed by atoms with van der Waals surface area (Å²) < 4.78 is 32.7. The molecule has 0 radical (unpaired) electrons. The molecule has 154 valence electrons. The first-order chi connectivity index (χ1) is 14.2. The summed E-state index contributed by atoms with van der Waals surface area (Å²) >= 11 is 17.9. The number of rotatable bonds is 4. The second kappa shape index (κ2) is 9.25. The zero-order valence-electron chi connectivity index (χ0n) is 14.7. The van der Waals surface area contributed by atoms with Gasteiger partial charge in [0, 0.05) is 5.02 Å². The third kappa shape index (κ3) is 5.15. The van der Waals surface area contributed by atoms with Crippen LogP contribution in [0.25, 0.3) is 0 Å². The van der Waals surface area contributed by atoms with Crippen LogP contribution in [0.1, 0.15) is 10.4 Å². The van der Waals surface area contributed by atoms with E-state index >= 15 is 0 Å². The molecule has 0 unspecified atom stereocenters. The number of anilines is 1. The van der Waals surface area contributed by atoms with Gasteiger partial charge in [-0.25, -0.2) is 18.6 Å². The highest BCUT2D eigenvalue weighted by Gasteiger charge is 2.19. The molecule has 0 spiro atoms. The van der Waals surface area contributed by atoms with E-state index in [9.17, 15) is 18.4 Å². The van der Waals surface area contributed by atoms with Gasteiger partial charge in [-0.05, 0) is 36.4 Å². The van der Waals surface area contributed by atoms with E-state index in [0.717, 1.165) is 18.2 Å². The molecule has 0 aliphatic carbocycles. The van der Waals surface area contributed by atoms with Gasteiger partial charge >= 0.3 is 6.03 Å². The number of imide groups is 1. The molecule has 0 aliphatic rings. The molecule has 0 saturated carbocycles. The number of aromatic nitrogens is 1. The zero-order valence-corrected chi connectivity index (χ0v) is 16.9. The fourth-order valence-electron chi connectivity index (χ4n) is 2.27. The number of hydrogen-bond donors (Lipinski definition) is 2. The van der Waals surface area contributed by atoms with Crippen molar-refractivity contribution in [3.8, 4) is 11.6 Å². The standard InChI is InChI=1S/C19H10Cl3F2N3O3/c20-9-4-5-15(11(21)6-9)30-18-12(22)7-10(8-25-18)26-19(29)27-17(28)16-13(23)2-1-3-14(16)24/h1-8H,(H2,26,27,28,29). The van der Waals surface area contributed by atoms with Crippen LogP contribution in [0.15, 0.2) is 48.7 Å². The average Bonchev–Trinajstić information content (AvgIpc) is 2.65. The minimum Gasteiger partial charge on any atom is -0.436 e. The second-order valence-electron chi connectivity index (χ2n) is 5.69. The van der Waals surface area contributed by atoms with Crippen molar-refractivity contribution in [2.24, 2.45) is 0 Å². The van der Waals surface area contributed by atoms with Crippen molar-refractivity contribution in [2.45, 2.75) is 0 Å². The fourth-order valence-corrected chi connectivity index (χ4v) is 2.93. The number of urea groups is 1. The van der Waals surface area contributed by atoms with Gasteiger partial charge < -0.3 is 10.1 Å². The van der Waals surface area contributed by atoms with E-state index in [1.165, 1.54) is 24.4 Å². The number of carbonyl (C=O) groups excluding carboxylic acids is 2. The number of amides is 3. The van der Waals surface area contributed by atoms with Crippen LogP contribution in [0.5, 0.6) is 11.6 Å². The van der Waals surface area contributed by atoms with E-state index in [1.54, 1.807) is 6.07 Å². The predicted molar refractivity (Wildman–Crippen MR) is 109 cm³/mol. The van der Waals surface area contributed by atoms with Gasteiger partial charge in [0.2, 0.25) is 5.88 Å². The Morgan fingerprint density at radius 1 is 0.967 bits per heavy atom. The van der Waals surface area contributed by atoms with Crippen LogP contribution >= 0.6 is 34.8 Å². The Morgan fingerprint density at radius 3 is 2.30 bits per heavy atom. The molecule has 3 rings (SSSR count). The Hall–Kier alpha value is -2.94. The number of halogens is 5. The van der Waals surface area contributed by atoms with Crippen LogP contribution in [-0.2, 0) is 0 Å². The van der Waals surface area contributed by atoms with Crippen molar-refractivity contribution >= 4 is 52.4 Å². The summed E-state index contributed by atoms with van der Waals surface area (Å²) in [7, 11) is 0. The molecule has 0 aliphatic heterocycles. The van der Waals surface area contributed by atoms with E-state index in [-0.39, 0.29) is 27.4 Å². The monoisotopic (exact) mass is 471 g/mol. The topological polar surface area (TPSA) is 80.3 Å². The van der Waals surface area contributed by atoms with Crippen molar-refractivity contribution in [1.29, 1.82) is 0 Å². The van der Waals surface area contributed by atoms with Gasteiger partial charge in [0.05, 0.1) is 16.9 Å². The van der Waals surface area contributed by atoms with Crippen LogP contribution in [0.3, 0.4) is 0 Å². The number of carbonyl (C=O) groups is 2. The zero-order chi connectivity index (χ0) is 21.8. The van der Waals surface area contributed by atoms with Gasteiger partial charge in [0.15, 0.2) is 0 Å². The van der Waals surface area contributed by atoms with Crippen LogP contribution < -0.4 is 15.4 Å². The number of pyridine rings is 1. The molecule has 1 heterocycles. The lowest BCUT2D eigenvalue weighted by Gasteiger charge is -2.11. The first-order valence-corrected chi connectivity index (χ1v) is 9.23. The molecule has 30 heavy (non-hydrogen) atoms. The van der Waals surface area contributed by atoms with Crippen molar-refractivity contribution in [1.82, 2.24) is 10.3 Å². The number of ether oxygens (including phenoxy) is 1. The Bertz CT molecular complexity index is 1120. The first-order valence-electron chi connectivity index (χ1n) is 8.09. The molecule has 2 N–H and O–H groups in total. The Kier molecular flexibility index (Phi) is 6.71. The highest BCUT2D eigenvalue weighted by atomic mass is 35.5. The van der Waals surface area contributed by atoms with Gasteiger partial charge in [0.25, 0.3) is 5.91 Å². The minimum atomic E-state index is -1.25. The maximum atomic E-state index is 13.6. The van der Waals surface area contributed by atoms with Gasteiger partial charge in [-0.15, -0.1) is 0 Å². The van der Waals surface area contributed by atoms with Crippen molar-refractivity contribution < 1.29 is 23.1 Å². The SMILES string of the molecule is O=C(NC(=O)c1c(F)cccc1F)Nc1cnc(Oc2ccc(Cl)cc2Cl)c(Cl)c1. The molecule has 11 heteroatoms. The molecule has 0 saturated heterocycles. The molecular weight excluding hydrogens is 463 g/mol. The summed E-state index contributed by atoms with van der Waals surface area (Å²) in [5, 5.41) is 4.76. The van der Waals surface area contributed by atoms with Gasteiger partial charge in [-0.3, -0.25) is 10.1 Å². The van der Waals surface area contributed by atoms with Crippen LogP contribution in [0.2, 0.25) is 15.1 Å². The van der Waals surface area contributed by atoms with E-state index < -0.39 is 29.1 Å². The largest absolute Gasteiger partial charge is 0.436 e. The lowest BCUT2D eigenvalue weighted by molar-refractivity contribution is 0.0959. The Morgan fingerprint density at radius 2 is 1.67 bits per heavy atom. The van der Waals surface area contributed by atoms with E-state index in [0.29, 0.717) is 5.02 Å². The third-order valence-corrected chi connectivity index (χ3v) is 4.38. The van der Waals surface area contributed by atoms with Gasteiger partial charge in [0.1, 0.15) is 28.0 Å². The molecule has 6 nitrogen and oxygen atoms in total. The van der Waals surface area contributed by atoms with Gasteiger partial charge in [-0.1, -0.05) is 40.9 Å². The summed E-state index contributed by atoms with van der Waals surface area (Å²) in [6.07, 6.45) is 1.19. The fraction of sp³-hybridized carbons (Fsp3) is 0. The number of benzene rings is 2. The Labute approximate surface area is 183 Å². The summed E-state index contributed by atoms with van der Waals surface area (Å²) in [6, 6.07) is 7.69. The van der Waals surface area contributed by atoms with E-state index in [2.05, 4.69) is 10.3 Å². The molecule has 3 amide bonds. The predicted octanol–water partition coefficient (Wildman–Crippen LogP) is 6.07. The first kappa shape index (κ1) is 21.8. The van der Waals surface area contributed by atoms with Gasteiger partial charge in [-0.2, -0.15) is 0 Å². The molecular formula is C19H10Cl3F2N3O3.